The molecule has 1 saturated heterocycles. The van der Waals surface area contributed by atoms with E-state index in [0.29, 0.717) is 17.7 Å². The number of carbonyl (C=O) groups excluding carboxylic acids is 2. The molecule has 1 atom stereocenters. The van der Waals surface area contributed by atoms with Gasteiger partial charge < -0.3 is 9.64 Å². The van der Waals surface area contributed by atoms with Crippen molar-refractivity contribution in [2.75, 3.05) is 25.1 Å². The zero-order valence-electron chi connectivity index (χ0n) is 17.5. The summed E-state index contributed by atoms with van der Waals surface area (Å²) in [5.74, 6) is 0.557. The second kappa shape index (κ2) is 8.95. The summed E-state index contributed by atoms with van der Waals surface area (Å²) in [6.07, 6.45) is -2.86. The van der Waals surface area contributed by atoms with Crippen LogP contribution in [-0.4, -0.2) is 47.9 Å². The number of pyridine rings is 1. The summed E-state index contributed by atoms with van der Waals surface area (Å²) in [5, 5.41) is 0. The molecule has 0 bridgehead atoms. The molecule has 0 aliphatic carbocycles. The molecule has 166 valence electrons. The maximum atomic E-state index is 13.1. The zero-order chi connectivity index (χ0) is 22.8. The van der Waals surface area contributed by atoms with Gasteiger partial charge in [-0.05, 0) is 36.6 Å². The van der Waals surface area contributed by atoms with Crippen LogP contribution >= 0.6 is 0 Å². The van der Waals surface area contributed by atoms with Gasteiger partial charge in [0.05, 0.1) is 31.6 Å². The highest BCUT2D eigenvalue weighted by atomic mass is 19.4. The molecule has 1 fully saturated rings. The van der Waals surface area contributed by atoms with Gasteiger partial charge in [-0.2, -0.15) is 13.2 Å². The summed E-state index contributed by atoms with van der Waals surface area (Å²) in [6, 6.07) is 8.09. The summed E-state index contributed by atoms with van der Waals surface area (Å²) >= 11 is 0. The number of nitrogens with zero attached hydrogens (tertiary/aromatic N) is 3. The number of alkyl halides is 3. The molecule has 1 aliphatic heterocycles. The van der Waals surface area contributed by atoms with Crippen molar-refractivity contribution < 1.29 is 27.5 Å². The molecule has 1 aromatic heterocycles. The monoisotopic (exact) mass is 435 g/mol. The predicted octanol–water partition coefficient (Wildman–Crippen LogP) is 4.65. The summed E-state index contributed by atoms with van der Waals surface area (Å²) in [6.45, 7) is 4.16. The van der Waals surface area contributed by atoms with E-state index in [1.807, 2.05) is 13.8 Å². The number of ketones is 1. The lowest BCUT2D eigenvalue weighted by atomic mass is 10.0. The van der Waals surface area contributed by atoms with Gasteiger partial charge in [-0.3, -0.25) is 9.69 Å². The van der Waals surface area contributed by atoms with Crippen LogP contribution in [0.25, 0.3) is 0 Å². The molecule has 2 amide bonds. The van der Waals surface area contributed by atoms with Crippen LogP contribution in [0.2, 0.25) is 0 Å². The molecular formula is C22H24F3N3O3. The van der Waals surface area contributed by atoms with E-state index in [4.69, 9.17) is 4.74 Å². The molecule has 6 nitrogen and oxygen atoms in total. The number of carbonyl (C=O) groups is 2. The van der Waals surface area contributed by atoms with Gasteiger partial charge in [-0.25, -0.2) is 9.78 Å². The summed E-state index contributed by atoms with van der Waals surface area (Å²) in [7, 11) is 1.50. The van der Waals surface area contributed by atoms with E-state index in [2.05, 4.69) is 4.98 Å². The third kappa shape index (κ3) is 5.15. The number of amides is 2. The lowest BCUT2D eigenvalue weighted by Gasteiger charge is -2.23. The summed E-state index contributed by atoms with van der Waals surface area (Å²) in [5.41, 5.74) is -0.333. The minimum Gasteiger partial charge on any atom is -0.497 e. The standard InChI is InChI=1S/C22H24F3N3O3/c1-14(2)9-17-12-27(16-7-8-20(26-11-16)22(23,24)25)21(30)28(17)13-19(29)15-5-4-6-18(10-15)31-3/h4-8,10-11,14,17H,9,12-13H2,1-3H3/t17-/m0/s1. The zero-order valence-corrected chi connectivity index (χ0v) is 17.5. The number of Topliss-reactive ketones (excluding diaryl/α,β-unsaturated/α-hetero) is 1. The van der Waals surface area contributed by atoms with Gasteiger partial charge in [-0.1, -0.05) is 26.0 Å². The van der Waals surface area contributed by atoms with Crippen molar-refractivity contribution in [2.24, 2.45) is 5.92 Å². The third-order valence-electron chi connectivity index (χ3n) is 5.11. The average molecular weight is 435 g/mol. The fourth-order valence-corrected chi connectivity index (χ4v) is 3.61. The van der Waals surface area contributed by atoms with E-state index < -0.39 is 17.9 Å². The first-order chi connectivity index (χ1) is 14.6. The first kappa shape index (κ1) is 22.6. The molecule has 1 aromatic carbocycles. The van der Waals surface area contributed by atoms with E-state index in [0.717, 1.165) is 12.3 Å². The number of benzene rings is 1. The van der Waals surface area contributed by atoms with Gasteiger partial charge in [0, 0.05) is 12.1 Å². The lowest BCUT2D eigenvalue weighted by molar-refractivity contribution is -0.141. The van der Waals surface area contributed by atoms with Crippen molar-refractivity contribution in [3.8, 4) is 5.75 Å². The maximum absolute atomic E-state index is 13.1. The quantitative estimate of drug-likeness (QED) is 0.594. The van der Waals surface area contributed by atoms with Crippen molar-refractivity contribution in [1.29, 1.82) is 0 Å². The number of ether oxygens (including phenoxy) is 1. The topological polar surface area (TPSA) is 62.7 Å². The maximum Gasteiger partial charge on any atom is 0.433 e. The van der Waals surface area contributed by atoms with Gasteiger partial charge in [0.25, 0.3) is 0 Å². The largest absolute Gasteiger partial charge is 0.497 e. The van der Waals surface area contributed by atoms with Crippen LogP contribution in [0, 0.1) is 5.92 Å². The SMILES string of the molecule is COc1cccc(C(=O)CN2C(=O)N(c3ccc(C(F)(F)F)nc3)C[C@@H]2CC(C)C)c1. The highest BCUT2D eigenvalue weighted by Gasteiger charge is 2.40. The van der Waals surface area contributed by atoms with Crippen molar-refractivity contribution in [1.82, 2.24) is 9.88 Å². The second-order valence-corrected chi connectivity index (χ2v) is 7.86. The molecule has 3 rings (SSSR count). The van der Waals surface area contributed by atoms with E-state index in [1.54, 1.807) is 24.3 Å². The Labute approximate surface area is 178 Å². The van der Waals surface area contributed by atoms with Gasteiger partial charge in [0.1, 0.15) is 11.4 Å². The van der Waals surface area contributed by atoms with Crippen LogP contribution in [0.15, 0.2) is 42.6 Å². The van der Waals surface area contributed by atoms with Crippen LogP contribution in [0.3, 0.4) is 0 Å². The molecule has 0 spiro atoms. The Hall–Kier alpha value is -3.10. The molecule has 0 N–H and O–H groups in total. The Morgan fingerprint density at radius 1 is 1.26 bits per heavy atom. The number of aromatic nitrogens is 1. The Kier molecular flexibility index (Phi) is 6.52. The number of methoxy groups -OCH3 is 1. The van der Waals surface area contributed by atoms with Crippen LogP contribution in [0.5, 0.6) is 5.75 Å². The fraction of sp³-hybridized carbons (Fsp3) is 0.409. The molecule has 0 radical (unpaired) electrons. The van der Waals surface area contributed by atoms with Crippen molar-refractivity contribution in [3.05, 3.63) is 53.9 Å². The molecule has 2 aromatic rings. The Bertz CT molecular complexity index is 945. The van der Waals surface area contributed by atoms with Gasteiger partial charge in [0.15, 0.2) is 5.78 Å². The van der Waals surface area contributed by atoms with Crippen molar-refractivity contribution >= 4 is 17.5 Å². The molecule has 2 heterocycles. The Morgan fingerprint density at radius 3 is 2.58 bits per heavy atom. The molecule has 9 heteroatoms. The van der Waals surface area contributed by atoms with Crippen molar-refractivity contribution in [3.63, 3.8) is 0 Å². The number of anilines is 1. The van der Waals surface area contributed by atoms with Gasteiger partial charge >= 0.3 is 12.2 Å². The van der Waals surface area contributed by atoms with Crippen LogP contribution in [-0.2, 0) is 6.18 Å². The van der Waals surface area contributed by atoms with E-state index in [1.165, 1.54) is 23.0 Å². The second-order valence-electron chi connectivity index (χ2n) is 7.86. The van der Waals surface area contributed by atoms with Crippen LogP contribution < -0.4 is 9.64 Å². The number of halogens is 3. The molecule has 1 aliphatic rings. The third-order valence-corrected chi connectivity index (χ3v) is 5.11. The van der Waals surface area contributed by atoms with Crippen molar-refractivity contribution in [2.45, 2.75) is 32.5 Å². The number of hydrogen-bond donors (Lipinski definition) is 0. The predicted molar refractivity (Wildman–Crippen MR) is 109 cm³/mol. The smallest absolute Gasteiger partial charge is 0.433 e. The fourth-order valence-electron chi connectivity index (χ4n) is 3.61. The number of hydrogen-bond acceptors (Lipinski definition) is 4. The summed E-state index contributed by atoms with van der Waals surface area (Å²) in [4.78, 5) is 32.2. The lowest BCUT2D eigenvalue weighted by Crippen LogP contribution is -2.39. The molecule has 0 saturated carbocycles. The van der Waals surface area contributed by atoms with E-state index >= 15 is 0 Å². The van der Waals surface area contributed by atoms with Crippen LogP contribution in [0.1, 0.15) is 36.3 Å². The van der Waals surface area contributed by atoms with E-state index in [9.17, 15) is 22.8 Å². The molecule has 0 unspecified atom stereocenters. The highest BCUT2D eigenvalue weighted by molar-refractivity contribution is 6.02. The normalized spacial score (nSPS) is 16.9. The number of rotatable bonds is 7. The average Bonchev–Trinajstić information content (AvgIpc) is 3.02. The summed E-state index contributed by atoms with van der Waals surface area (Å²) < 4.78 is 43.6. The minimum absolute atomic E-state index is 0.131. The first-order valence-corrected chi connectivity index (χ1v) is 9.88. The molecule has 31 heavy (non-hydrogen) atoms. The number of urea groups is 1. The van der Waals surface area contributed by atoms with E-state index in [-0.39, 0.29) is 36.5 Å². The van der Waals surface area contributed by atoms with Gasteiger partial charge in [-0.15, -0.1) is 0 Å². The Balaban J connectivity index is 1.82. The highest BCUT2D eigenvalue weighted by Crippen LogP contribution is 2.31. The first-order valence-electron chi connectivity index (χ1n) is 9.88. The minimum atomic E-state index is -4.55. The van der Waals surface area contributed by atoms with Gasteiger partial charge in [0.2, 0.25) is 0 Å². The van der Waals surface area contributed by atoms with Crippen LogP contribution in [0.4, 0.5) is 23.7 Å². The molecular weight excluding hydrogens is 411 g/mol. The Morgan fingerprint density at radius 2 is 2.00 bits per heavy atom.